The van der Waals surface area contributed by atoms with E-state index in [1.807, 2.05) is 36.4 Å². The number of carbonyl (C=O) groups is 3. The van der Waals surface area contributed by atoms with Crippen LogP contribution in [0, 0.1) is 0 Å². The summed E-state index contributed by atoms with van der Waals surface area (Å²) in [6.45, 7) is 5.41. The zero-order chi connectivity index (χ0) is 22.9. The summed E-state index contributed by atoms with van der Waals surface area (Å²) < 4.78 is 10.2. The van der Waals surface area contributed by atoms with Crippen molar-refractivity contribution in [3.05, 3.63) is 59.7 Å². The van der Waals surface area contributed by atoms with Gasteiger partial charge in [-0.1, -0.05) is 24.3 Å². The maximum atomic E-state index is 12.2. The summed E-state index contributed by atoms with van der Waals surface area (Å²) in [7, 11) is 1.59. The van der Waals surface area contributed by atoms with Crippen LogP contribution in [0.25, 0.3) is 0 Å². The van der Waals surface area contributed by atoms with Crippen LogP contribution in [0.15, 0.2) is 48.5 Å². The number of rotatable bonds is 8. The fraction of sp³-hybridized carbons (Fsp3) is 0.348. The molecule has 0 atom stereocenters. The first-order valence-corrected chi connectivity index (χ1v) is 9.90. The Bertz CT molecular complexity index is 904. The van der Waals surface area contributed by atoms with Crippen LogP contribution in [0.4, 0.5) is 10.5 Å². The van der Waals surface area contributed by atoms with Crippen LogP contribution in [-0.2, 0) is 27.3 Å². The van der Waals surface area contributed by atoms with Gasteiger partial charge in [0.1, 0.15) is 17.9 Å². The maximum absolute atomic E-state index is 12.2. The first-order chi connectivity index (χ1) is 14.6. The zero-order valence-electron chi connectivity index (χ0n) is 18.3. The number of methoxy groups -OCH3 is 1. The van der Waals surface area contributed by atoms with Crippen LogP contribution in [0.1, 0.15) is 31.9 Å². The number of hydrogen-bond donors (Lipinski definition) is 3. The molecule has 0 saturated heterocycles. The molecule has 0 aliphatic carbocycles. The predicted octanol–water partition coefficient (Wildman–Crippen LogP) is 3.02. The van der Waals surface area contributed by atoms with Gasteiger partial charge in [-0.3, -0.25) is 9.59 Å². The van der Waals surface area contributed by atoms with Crippen molar-refractivity contribution in [3.63, 3.8) is 0 Å². The van der Waals surface area contributed by atoms with Crippen LogP contribution in [-0.4, -0.2) is 37.2 Å². The third-order valence-corrected chi connectivity index (χ3v) is 4.02. The monoisotopic (exact) mass is 427 g/mol. The Labute approximate surface area is 182 Å². The first-order valence-electron chi connectivity index (χ1n) is 9.90. The molecule has 0 radical (unpaired) electrons. The van der Waals surface area contributed by atoms with Crippen molar-refractivity contribution >= 4 is 23.6 Å². The van der Waals surface area contributed by atoms with E-state index >= 15 is 0 Å². The summed E-state index contributed by atoms with van der Waals surface area (Å²) in [5, 5.41) is 7.96. The van der Waals surface area contributed by atoms with E-state index in [4.69, 9.17) is 9.47 Å². The van der Waals surface area contributed by atoms with E-state index in [1.165, 1.54) is 0 Å². The van der Waals surface area contributed by atoms with Gasteiger partial charge in [-0.15, -0.1) is 0 Å². The van der Waals surface area contributed by atoms with E-state index in [0.29, 0.717) is 18.0 Å². The molecule has 166 valence electrons. The number of hydrogen-bond acceptors (Lipinski definition) is 5. The van der Waals surface area contributed by atoms with E-state index in [2.05, 4.69) is 16.0 Å². The van der Waals surface area contributed by atoms with Gasteiger partial charge in [0.15, 0.2) is 0 Å². The molecule has 0 heterocycles. The highest BCUT2D eigenvalue weighted by Crippen LogP contribution is 2.13. The smallest absolute Gasteiger partial charge is 0.408 e. The molecule has 3 N–H and O–H groups in total. The van der Waals surface area contributed by atoms with E-state index < -0.39 is 11.7 Å². The Kier molecular flexibility index (Phi) is 8.43. The molecule has 8 heteroatoms. The largest absolute Gasteiger partial charge is 0.497 e. The van der Waals surface area contributed by atoms with Crippen molar-refractivity contribution in [1.82, 2.24) is 10.6 Å². The topological polar surface area (TPSA) is 106 Å². The lowest BCUT2D eigenvalue weighted by Gasteiger charge is -2.19. The summed E-state index contributed by atoms with van der Waals surface area (Å²) in [5.74, 6) is 0.244. The molecule has 0 aliphatic heterocycles. The van der Waals surface area contributed by atoms with Gasteiger partial charge in [-0.2, -0.15) is 0 Å². The van der Waals surface area contributed by atoms with Crippen molar-refractivity contribution in [1.29, 1.82) is 0 Å². The van der Waals surface area contributed by atoms with E-state index in [-0.39, 0.29) is 24.8 Å². The molecule has 0 saturated carbocycles. The van der Waals surface area contributed by atoms with Gasteiger partial charge in [-0.05, 0) is 56.2 Å². The lowest BCUT2D eigenvalue weighted by Crippen LogP contribution is -2.37. The van der Waals surface area contributed by atoms with Gasteiger partial charge >= 0.3 is 6.09 Å². The quantitative estimate of drug-likeness (QED) is 0.601. The van der Waals surface area contributed by atoms with Gasteiger partial charge in [0, 0.05) is 12.2 Å². The van der Waals surface area contributed by atoms with Crippen LogP contribution < -0.4 is 20.7 Å². The number of carbonyl (C=O) groups excluding carboxylic acids is 3. The Balaban J connectivity index is 1.75. The summed E-state index contributed by atoms with van der Waals surface area (Å²) in [5.41, 5.74) is 1.72. The Morgan fingerprint density at radius 3 is 2.26 bits per heavy atom. The molecule has 2 rings (SSSR count). The molecule has 8 nitrogen and oxygen atoms in total. The van der Waals surface area contributed by atoms with Crippen molar-refractivity contribution in [3.8, 4) is 5.75 Å². The average Bonchev–Trinajstić information content (AvgIpc) is 2.71. The van der Waals surface area contributed by atoms with Gasteiger partial charge < -0.3 is 25.4 Å². The molecule has 0 fully saturated rings. The Hall–Kier alpha value is -3.55. The van der Waals surface area contributed by atoms with Gasteiger partial charge in [0.2, 0.25) is 11.8 Å². The van der Waals surface area contributed by atoms with Crippen LogP contribution in [0.5, 0.6) is 5.75 Å². The van der Waals surface area contributed by atoms with Gasteiger partial charge in [0.05, 0.1) is 13.5 Å². The fourth-order valence-electron chi connectivity index (χ4n) is 2.61. The summed E-state index contributed by atoms with van der Waals surface area (Å²) in [6.07, 6.45) is -0.390. The molecular weight excluding hydrogens is 398 g/mol. The molecule has 0 bridgehead atoms. The second kappa shape index (κ2) is 11.0. The zero-order valence-corrected chi connectivity index (χ0v) is 18.3. The van der Waals surface area contributed by atoms with E-state index in [1.54, 1.807) is 40.0 Å². The number of nitrogens with one attached hydrogen (secondary N) is 3. The molecular formula is C23H29N3O5. The molecule has 0 unspecified atom stereocenters. The van der Waals surface area contributed by atoms with Crippen molar-refractivity contribution in [2.45, 2.75) is 39.3 Å². The molecule has 2 aromatic rings. The van der Waals surface area contributed by atoms with Crippen molar-refractivity contribution < 1.29 is 23.9 Å². The molecule has 0 aliphatic rings. The SMILES string of the molecule is COc1cccc(CC(=O)NCc2ccc(NC(=O)CNC(=O)OC(C)(C)C)cc2)c1. The van der Waals surface area contributed by atoms with Crippen molar-refractivity contribution in [2.75, 3.05) is 19.0 Å². The second-order valence-electron chi connectivity index (χ2n) is 7.91. The summed E-state index contributed by atoms with van der Waals surface area (Å²) in [4.78, 5) is 35.7. The third kappa shape index (κ3) is 9.20. The van der Waals surface area contributed by atoms with Gasteiger partial charge in [-0.25, -0.2) is 4.79 Å². The molecule has 0 aromatic heterocycles. The summed E-state index contributed by atoms with van der Waals surface area (Å²) in [6, 6.07) is 14.5. The highest BCUT2D eigenvalue weighted by atomic mass is 16.6. The minimum atomic E-state index is -0.650. The lowest BCUT2D eigenvalue weighted by atomic mass is 10.1. The number of anilines is 1. The standard InChI is InChI=1S/C23H29N3O5/c1-23(2,3)31-22(29)25-15-21(28)26-18-10-8-16(9-11-18)14-24-20(27)13-17-6-5-7-19(12-17)30-4/h5-12H,13-15H2,1-4H3,(H,24,27)(H,25,29)(H,26,28). The highest BCUT2D eigenvalue weighted by molar-refractivity contribution is 5.93. The number of amides is 3. The maximum Gasteiger partial charge on any atom is 0.408 e. The first kappa shape index (κ1) is 23.7. The summed E-state index contributed by atoms with van der Waals surface area (Å²) >= 11 is 0. The van der Waals surface area contributed by atoms with Gasteiger partial charge in [0.25, 0.3) is 0 Å². The Morgan fingerprint density at radius 2 is 1.61 bits per heavy atom. The normalized spacial score (nSPS) is 10.7. The highest BCUT2D eigenvalue weighted by Gasteiger charge is 2.16. The number of alkyl carbamates (subject to hydrolysis) is 1. The average molecular weight is 428 g/mol. The lowest BCUT2D eigenvalue weighted by molar-refractivity contribution is -0.120. The van der Waals surface area contributed by atoms with Crippen molar-refractivity contribution in [2.24, 2.45) is 0 Å². The molecule has 3 amide bonds. The van der Waals surface area contributed by atoms with Crippen LogP contribution >= 0.6 is 0 Å². The fourth-order valence-corrected chi connectivity index (χ4v) is 2.61. The number of ether oxygens (including phenoxy) is 2. The van der Waals surface area contributed by atoms with E-state index in [0.717, 1.165) is 11.1 Å². The predicted molar refractivity (Wildman–Crippen MR) is 118 cm³/mol. The number of benzene rings is 2. The van der Waals surface area contributed by atoms with E-state index in [9.17, 15) is 14.4 Å². The minimum Gasteiger partial charge on any atom is -0.497 e. The minimum absolute atomic E-state index is 0.0983. The third-order valence-electron chi connectivity index (χ3n) is 4.02. The Morgan fingerprint density at radius 1 is 0.903 bits per heavy atom. The molecule has 31 heavy (non-hydrogen) atoms. The molecule has 2 aromatic carbocycles. The van der Waals surface area contributed by atoms with Crippen LogP contribution in [0.2, 0.25) is 0 Å². The second-order valence-corrected chi connectivity index (χ2v) is 7.91. The molecule has 0 spiro atoms. The van der Waals surface area contributed by atoms with Crippen LogP contribution in [0.3, 0.4) is 0 Å².